The Labute approximate surface area is 118 Å². The highest BCUT2D eigenvalue weighted by atomic mass is 35.5. The monoisotopic (exact) mass is 292 g/mol. The lowest BCUT2D eigenvalue weighted by Gasteiger charge is -2.07. The summed E-state index contributed by atoms with van der Waals surface area (Å²) >= 11 is 5.85. The van der Waals surface area contributed by atoms with E-state index in [2.05, 4.69) is 10.3 Å². The van der Waals surface area contributed by atoms with Crippen LogP contribution in [0.15, 0.2) is 36.5 Å². The molecule has 0 spiro atoms. The molecule has 1 amide bonds. The van der Waals surface area contributed by atoms with Crippen molar-refractivity contribution in [3.8, 4) is 0 Å². The molecule has 3 N–H and O–H groups in total. The van der Waals surface area contributed by atoms with Gasteiger partial charge in [-0.3, -0.25) is 14.9 Å². The van der Waals surface area contributed by atoms with Gasteiger partial charge in [-0.15, -0.1) is 0 Å². The molecule has 8 heteroatoms. The van der Waals surface area contributed by atoms with Gasteiger partial charge in [0.25, 0.3) is 5.91 Å². The van der Waals surface area contributed by atoms with Crippen molar-refractivity contribution in [2.75, 3.05) is 11.1 Å². The number of nitrogens with one attached hydrogen (secondary N) is 1. The first-order chi connectivity index (χ1) is 9.50. The lowest BCUT2D eigenvalue weighted by Crippen LogP contribution is -2.15. The number of nitro groups is 1. The van der Waals surface area contributed by atoms with E-state index in [1.807, 2.05) is 0 Å². The van der Waals surface area contributed by atoms with Gasteiger partial charge in [-0.1, -0.05) is 17.7 Å². The Hall–Kier alpha value is -2.67. The number of benzene rings is 1. The summed E-state index contributed by atoms with van der Waals surface area (Å²) in [6.45, 7) is 0. The fourth-order valence-electron chi connectivity index (χ4n) is 1.60. The van der Waals surface area contributed by atoms with Crippen LogP contribution in [-0.4, -0.2) is 15.8 Å². The molecule has 0 aliphatic rings. The Morgan fingerprint density at radius 3 is 2.75 bits per heavy atom. The normalized spacial score (nSPS) is 10.1. The van der Waals surface area contributed by atoms with Gasteiger partial charge < -0.3 is 11.1 Å². The van der Waals surface area contributed by atoms with Crippen LogP contribution in [0.5, 0.6) is 0 Å². The summed E-state index contributed by atoms with van der Waals surface area (Å²) in [6.07, 6.45) is 1.44. The zero-order valence-electron chi connectivity index (χ0n) is 10.0. The number of pyridine rings is 1. The number of halogens is 1. The van der Waals surface area contributed by atoms with Gasteiger partial charge in [0.05, 0.1) is 9.95 Å². The van der Waals surface area contributed by atoms with Crippen LogP contribution < -0.4 is 11.1 Å². The van der Waals surface area contributed by atoms with Crippen LogP contribution >= 0.6 is 11.6 Å². The molecule has 0 bridgehead atoms. The van der Waals surface area contributed by atoms with Crippen LogP contribution in [0.4, 0.5) is 17.2 Å². The predicted molar refractivity (Wildman–Crippen MR) is 74.7 cm³/mol. The van der Waals surface area contributed by atoms with E-state index in [1.165, 1.54) is 30.5 Å². The number of amides is 1. The van der Waals surface area contributed by atoms with E-state index < -0.39 is 16.5 Å². The Kier molecular flexibility index (Phi) is 3.81. The van der Waals surface area contributed by atoms with Gasteiger partial charge in [0.2, 0.25) is 0 Å². The number of aromatic nitrogens is 1. The number of nitrogens with zero attached hydrogens (tertiary/aromatic N) is 2. The van der Waals surface area contributed by atoms with E-state index in [9.17, 15) is 14.9 Å². The average molecular weight is 293 g/mol. The molecule has 7 nitrogen and oxygen atoms in total. The largest absolute Gasteiger partial charge is 0.393 e. The zero-order chi connectivity index (χ0) is 14.7. The van der Waals surface area contributed by atoms with Crippen molar-refractivity contribution in [3.05, 3.63) is 57.2 Å². The fourth-order valence-corrected chi connectivity index (χ4v) is 1.77. The molecule has 1 aromatic carbocycles. The van der Waals surface area contributed by atoms with Crippen LogP contribution in [-0.2, 0) is 0 Å². The highest BCUT2D eigenvalue weighted by Crippen LogP contribution is 2.27. The van der Waals surface area contributed by atoms with Gasteiger partial charge in [0.1, 0.15) is 11.3 Å². The lowest BCUT2D eigenvalue weighted by molar-refractivity contribution is -0.384. The Balaban J connectivity index is 2.38. The van der Waals surface area contributed by atoms with Crippen LogP contribution in [0.25, 0.3) is 0 Å². The minimum atomic E-state index is -0.704. The number of hydrogen-bond acceptors (Lipinski definition) is 5. The molecular weight excluding hydrogens is 284 g/mol. The van der Waals surface area contributed by atoms with Gasteiger partial charge in [0.15, 0.2) is 5.82 Å². The molecule has 1 heterocycles. The van der Waals surface area contributed by atoms with Gasteiger partial charge in [-0.2, -0.15) is 0 Å². The molecule has 102 valence electrons. The van der Waals surface area contributed by atoms with Crippen LogP contribution in [0.1, 0.15) is 10.4 Å². The number of carbonyl (C=O) groups excluding carboxylic acids is 1. The topological polar surface area (TPSA) is 111 Å². The van der Waals surface area contributed by atoms with Crippen molar-refractivity contribution >= 4 is 34.7 Å². The molecule has 0 fully saturated rings. The second kappa shape index (κ2) is 5.54. The van der Waals surface area contributed by atoms with E-state index in [0.29, 0.717) is 0 Å². The maximum Gasteiger partial charge on any atom is 0.304 e. The number of carbonyl (C=O) groups is 1. The standard InChI is InChI=1S/C12H9ClN4O3/c13-8-4-2-6-15-11(8)16-12(18)7-3-1-5-9(14)10(7)17(19)20/h1-6H,14H2,(H,15,16,18). The summed E-state index contributed by atoms with van der Waals surface area (Å²) < 4.78 is 0. The maximum atomic E-state index is 12.1. The molecule has 0 saturated carbocycles. The van der Waals surface area contributed by atoms with Crippen LogP contribution in [0.2, 0.25) is 5.02 Å². The first-order valence-corrected chi connectivity index (χ1v) is 5.83. The SMILES string of the molecule is Nc1cccc(C(=O)Nc2ncccc2Cl)c1[N+](=O)[O-]. The highest BCUT2D eigenvalue weighted by Gasteiger charge is 2.23. The molecule has 2 aromatic rings. The summed E-state index contributed by atoms with van der Waals surface area (Å²) in [4.78, 5) is 26.2. The Morgan fingerprint density at radius 2 is 2.10 bits per heavy atom. The van der Waals surface area contributed by atoms with Crippen molar-refractivity contribution in [3.63, 3.8) is 0 Å². The van der Waals surface area contributed by atoms with E-state index in [0.717, 1.165) is 0 Å². The van der Waals surface area contributed by atoms with E-state index >= 15 is 0 Å². The number of anilines is 2. The fraction of sp³-hybridized carbons (Fsp3) is 0. The molecule has 20 heavy (non-hydrogen) atoms. The van der Waals surface area contributed by atoms with Gasteiger partial charge >= 0.3 is 5.69 Å². The molecule has 0 aliphatic carbocycles. The smallest absolute Gasteiger partial charge is 0.304 e. The van der Waals surface area contributed by atoms with E-state index in [-0.39, 0.29) is 22.1 Å². The number of nitrogen functional groups attached to an aromatic ring is 1. The third-order valence-electron chi connectivity index (χ3n) is 2.48. The molecular formula is C12H9ClN4O3. The van der Waals surface area contributed by atoms with Gasteiger partial charge in [-0.25, -0.2) is 4.98 Å². The predicted octanol–water partition coefficient (Wildman–Crippen LogP) is 2.48. The number of para-hydroxylation sites is 1. The third-order valence-corrected chi connectivity index (χ3v) is 2.79. The van der Waals surface area contributed by atoms with Crippen molar-refractivity contribution in [2.45, 2.75) is 0 Å². The van der Waals surface area contributed by atoms with E-state index in [4.69, 9.17) is 17.3 Å². The van der Waals surface area contributed by atoms with Crippen LogP contribution in [0, 0.1) is 10.1 Å². The molecule has 0 radical (unpaired) electrons. The van der Waals surface area contributed by atoms with Crippen molar-refractivity contribution in [2.24, 2.45) is 0 Å². The number of nitrogens with two attached hydrogens (primary N) is 1. The lowest BCUT2D eigenvalue weighted by atomic mass is 10.1. The van der Waals surface area contributed by atoms with Crippen LogP contribution in [0.3, 0.4) is 0 Å². The first kappa shape index (κ1) is 13.8. The first-order valence-electron chi connectivity index (χ1n) is 5.45. The molecule has 0 atom stereocenters. The summed E-state index contributed by atoms with van der Waals surface area (Å²) in [5, 5.41) is 13.6. The molecule has 0 saturated heterocycles. The minimum absolute atomic E-state index is 0.0882. The number of nitro benzene ring substituents is 1. The average Bonchev–Trinajstić information content (AvgIpc) is 2.40. The summed E-state index contributed by atoms with van der Waals surface area (Å²) in [5.41, 5.74) is 4.83. The summed E-state index contributed by atoms with van der Waals surface area (Å²) in [6, 6.07) is 7.25. The maximum absolute atomic E-state index is 12.1. The van der Waals surface area contributed by atoms with Crippen molar-refractivity contribution in [1.82, 2.24) is 4.98 Å². The Morgan fingerprint density at radius 1 is 1.35 bits per heavy atom. The number of hydrogen-bond donors (Lipinski definition) is 2. The van der Waals surface area contributed by atoms with E-state index in [1.54, 1.807) is 6.07 Å². The molecule has 0 aliphatic heterocycles. The minimum Gasteiger partial charge on any atom is -0.393 e. The zero-order valence-corrected chi connectivity index (χ0v) is 10.8. The summed E-state index contributed by atoms with van der Waals surface area (Å²) in [7, 11) is 0. The third kappa shape index (κ3) is 2.67. The van der Waals surface area contributed by atoms with Gasteiger partial charge in [0, 0.05) is 6.20 Å². The van der Waals surface area contributed by atoms with Crippen molar-refractivity contribution in [1.29, 1.82) is 0 Å². The second-order valence-corrected chi connectivity index (χ2v) is 4.20. The molecule has 0 unspecified atom stereocenters. The van der Waals surface area contributed by atoms with Gasteiger partial charge in [-0.05, 0) is 24.3 Å². The second-order valence-electron chi connectivity index (χ2n) is 3.79. The summed E-state index contributed by atoms with van der Waals surface area (Å²) in [5.74, 6) is -0.583. The molecule has 1 aromatic heterocycles. The Bertz CT molecular complexity index is 690. The quantitative estimate of drug-likeness (QED) is 0.513. The molecule has 2 rings (SSSR count). The highest BCUT2D eigenvalue weighted by molar-refractivity contribution is 6.33. The number of rotatable bonds is 3. The van der Waals surface area contributed by atoms with Crippen molar-refractivity contribution < 1.29 is 9.72 Å².